The molecule has 0 unspecified atom stereocenters. The Morgan fingerprint density at radius 1 is 1.19 bits per heavy atom. The molecule has 0 spiro atoms. The van der Waals surface area contributed by atoms with Gasteiger partial charge in [0.1, 0.15) is 17.2 Å². The van der Waals surface area contributed by atoms with Crippen molar-refractivity contribution in [1.29, 1.82) is 0 Å². The number of nitrogens with zero attached hydrogens (tertiary/aromatic N) is 2. The van der Waals surface area contributed by atoms with E-state index in [1.165, 1.54) is 7.11 Å². The van der Waals surface area contributed by atoms with E-state index >= 15 is 0 Å². The van der Waals surface area contributed by atoms with Gasteiger partial charge in [0.15, 0.2) is 0 Å². The van der Waals surface area contributed by atoms with E-state index in [0.29, 0.717) is 11.5 Å². The Bertz CT molecular complexity index is 1150. The molecule has 0 saturated heterocycles. The Kier molecular flexibility index (Phi) is 3.73. The van der Waals surface area contributed by atoms with E-state index in [9.17, 15) is 4.79 Å². The Hall–Kier alpha value is -3.54. The van der Waals surface area contributed by atoms with Gasteiger partial charge >= 0.3 is 6.09 Å². The Morgan fingerprint density at radius 3 is 2.77 bits per heavy atom. The summed E-state index contributed by atoms with van der Waals surface area (Å²) in [5.74, 6) is 0.586. The molecule has 0 radical (unpaired) electrons. The van der Waals surface area contributed by atoms with E-state index in [2.05, 4.69) is 10.1 Å². The molecule has 4 aromatic rings. The van der Waals surface area contributed by atoms with Crippen LogP contribution in [0, 0.1) is 6.92 Å². The van der Waals surface area contributed by atoms with Gasteiger partial charge < -0.3 is 10.5 Å². The lowest BCUT2D eigenvalue weighted by Crippen LogP contribution is -2.10. The van der Waals surface area contributed by atoms with Crippen molar-refractivity contribution >= 4 is 34.0 Å². The van der Waals surface area contributed by atoms with Crippen molar-refractivity contribution in [2.24, 2.45) is 0 Å². The van der Waals surface area contributed by atoms with Crippen LogP contribution in [0.4, 0.5) is 16.3 Å². The monoisotopic (exact) mass is 346 g/mol. The number of carbonyl (C=O) groups excluding carboxylic acids is 1. The molecule has 1 amide bonds. The second-order valence-corrected chi connectivity index (χ2v) is 6.09. The van der Waals surface area contributed by atoms with Crippen LogP contribution in [0.25, 0.3) is 27.7 Å². The van der Waals surface area contributed by atoms with Gasteiger partial charge in [-0.3, -0.25) is 9.72 Å². The molecule has 2 heterocycles. The standard InChI is InChI=1S/C20H18N4O2/c1-12-5-3-4-6-15(12)17-18(21)24-10-9-13-7-8-14(22-20(25)26-2)11-16(13)19(24)23-17/h3-11H,21H2,1-2H3,(H,22,25). The Balaban J connectivity index is 1.94. The molecule has 4 rings (SSSR count). The lowest BCUT2D eigenvalue weighted by molar-refractivity contribution is 0.187. The number of anilines is 2. The zero-order valence-electron chi connectivity index (χ0n) is 14.5. The summed E-state index contributed by atoms with van der Waals surface area (Å²) in [5.41, 5.74) is 10.6. The van der Waals surface area contributed by atoms with Crippen LogP contribution in [-0.4, -0.2) is 22.6 Å². The quantitative estimate of drug-likeness (QED) is 0.569. The van der Waals surface area contributed by atoms with E-state index in [1.54, 1.807) is 0 Å². The molecule has 3 N–H and O–H groups in total. The number of nitrogens with one attached hydrogen (secondary N) is 1. The number of carbonyl (C=O) groups is 1. The third-order valence-electron chi connectivity index (χ3n) is 4.48. The zero-order valence-corrected chi connectivity index (χ0v) is 14.5. The average molecular weight is 346 g/mol. The van der Waals surface area contributed by atoms with Crippen molar-refractivity contribution in [3.05, 3.63) is 60.3 Å². The van der Waals surface area contributed by atoms with Gasteiger partial charge in [-0.05, 0) is 36.1 Å². The Labute approximate surface area is 150 Å². The number of nitrogens with two attached hydrogens (primary N) is 1. The number of hydrogen-bond acceptors (Lipinski definition) is 4. The molecule has 2 aromatic heterocycles. The van der Waals surface area contributed by atoms with Crippen LogP contribution in [0.2, 0.25) is 0 Å². The summed E-state index contributed by atoms with van der Waals surface area (Å²) < 4.78 is 6.52. The fraction of sp³-hybridized carbons (Fsp3) is 0.100. The highest BCUT2D eigenvalue weighted by atomic mass is 16.5. The molecule has 0 saturated carbocycles. The van der Waals surface area contributed by atoms with Crippen molar-refractivity contribution < 1.29 is 9.53 Å². The average Bonchev–Trinajstić information content (AvgIpc) is 2.99. The Morgan fingerprint density at radius 2 is 2.00 bits per heavy atom. The summed E-state index contributed by atoms with van der Waals surface area (Å²) in [4.78, 5) is 16.3. The lowest BCUT2D eigenvalue weighted by atomic mass is 10.1. The van der Waals surface area contributed by atoms with E-state index < -0.39 is 6.09 Å². The number of pyridine rings is 1. The molecule has 0 bridgehead atoms. The number of methoxy groups -OCH3 is 1. The first-order chi connectivity index (χ1) is 12.6. The summed E-state index contributed by atoms with van der Waals surface area (Å²) >= 11 is 0. The minimum Gasteiger partial charge on any atom is -0.453 e. The molecule has 6 heteroatoms. The van der Waals surface area contributed by atoms with Gasteiger partial charge in [0.25, 0.3) is 0 Å². The summed E-state index contributed by atoms with van der Waals surface area (Å²) in [6, 6.07) is 15.6. The van der Waals surface area contributed by atoms with Crippen molar-refractivity contribution in [2.75, 3.05) is 18.2 Å². The van der Waals surface area contributed by atoms with Crippen LogP contribution in [0.1, 0.15) is 5.56 Å². The maximum atomic E-state index is 11.5. The molecule has 0 atom stereocenters. The second-order valence-electron chi connectivity index (χ2n) is 6.09. The molecule has 0 aliphatic heterocycles. The number of ether oxygens (including phenoxy) is 1. The number of hydrogen-bond donors (Lipinski definition) is 2. The van der Waals surface area contributed by atoms with Crippen LogP contribution in [0.15, 0.2) is 54.7 Å². The normalized spacial score (nSPS) is 11.0. The van der Waals surface area contributed by atoms with Gasteiger partial charge in [0.2, 0.25) is 0 Å². The summed E-state index contributed by atoms with van der Waals surface area (Å²) in [6.07, 6.45) is 1.40. The molecular formula is C20H18N4O2. The van der Waals surface area contributed by atoms with Gasteiger partial charge in [-0.25, -0.2) is 9.78 Å². The van der Waals surface area contributed by atoms with Crippen molar-refractivity contribution in [3.63, 3.8) is 0 Å². The predicted molar refractivity (Wildman–Crippen MR) is 103 cm³/mol. The number of rotatable bonds is 2. The number of imidazole rings is 1. The molecule has 130 valence electrons. The number of aryl methyl sites for hydroxylation is 1. The van der Waals surface area contributed by atoms with Gasteiger partial charge in [0, 0.05) is 22.8 Å². The van der Waals surface area contributed by atoms with Gasteiger partial charge in [-0.15, -0.1) is 0 Å². The molecule has 6 nitrogen and oxygen atoms in total. The first kappa shape index (κ1) is 16.0. The van der Waals surface area contributed by atoms with Crippen molar-refractivity contribution in [1.82, 2.24) is 9.38 Å². The van der Waals surface area contributed by atoms with Crippen LogP contribution in [0.5, 0.6) is 0 Å². The minimum absolute atomic E-state index is 0.514. The van der Waals surface area contributed by atoms with Crippen molar-refractivity contribution in [3.8, 4) is 11.3 Å². The lowest BCUT2D eigenvalue weighted by Gasteiger charge is -2.06. The molecule has 0 aliphatic rings. The van der Waals surface area contributed by atoms with E-state index in [1.807, 2.05) is 66.1 Å². The topological polar surface area (TPSA) is 81.6 Å². The number of amides is 1. The third kappa shape index (κ3) is 2.52. The van der Waals surface area contributed by atoms with Crippen molar-refractivity contribution in [2.45, 2.75) is 6.92 Å². The highest BCUT2D eigenvalue weighted by molar-refractivity contribution is 5.99. The van der Waals surface area contributed by atoms with Gasteiger partial charge in [-0.1, -0.05) is 30.3 Å². The molecule has 0 fully saturated rings. The highest BCUT2D eigenvalue weighted by Gasteiger charge is 2.15. The van der Waals surface area contributed by atoms with Crippen LogP contribution >= 0.6 is 0 Å². The maximum Gasteiger partial charge on any atom is 0.411 e. The van der Waals surface area contributed by atoms with Crippen LogP contribution in [0.3, 0.4) is 0 Å². The number of nitrogen functional groups attached to an aromatic ring is 1. The number of benzene rings is 2. The molecule has 0 aliphatic carbocycles. The summed E-state index contributed by atoms with van der Waals surface area (Å²) in [6.45, 7) is 2.04. The van der Waals surface area contributed by atoms with E-state index in [-0.39, 0.29) is 0 Å². The van der Waals surface area contributed by atoms with Crippen LogP contribution in [-0.2, 0) is 4.74 Å². The third-order valence-corrected chi connectivity index (χ3v) is 4.48. The van der Waals surface area contributed by atoms with Crippen LogP contribution < -0.4 is 11.1 Å². The fourth-order valence-electron chi connectivity index (χ4n) is 3.12. The minimum atomic E-state index is -0.514. The largest absolute Gasteiger partial charge is 0.453 e. The zero-order chi connectivity index (χ0) is 18.3. The first-order valence-corrected chi connectivity index (χ1v) is 8.20. The number of fused-ring (bicyclic) bond motifs is 3. The second kappa shape index (κ2) is 6.07. The molecule has 26 heavy (non-hydrogen) atoms. The predicted octanol–water partition coefficient (Wildman–Crippen LogP) is 4.22. The van der Waals surface area contributed by atoms with Gasteiger partial charge in [0.05, 0.1) is 7.11 Å². The maximum absolute atomic E-state index is 11.5. The SMILES string of the molecule is COC(=O)Nc1ccc2ccn3c(N)c(-c4ccccc4C)nc3c2c1. The molecular weight excluding hydrogens is 328 g/mol. The summed E-state index contributed by atoms with van der Waals surface area (Å²) in [7, 11) is 1.33. The number of aromatic nitrogens is 2. The highest BCUT2D eigenvalue weighted by Crippen LogP contribution is 2.32. The van der Waals surface area contributed by atoms with Gasteiger partial charge in [-0.2, -0.15) is 0 Å². The fourth-order valence-corrected chi connectivity index (χ4v) is 3.12. The smallest absolute Gasteiger partial charge is 0.411 e. The summed E-state index contributed by atoms with van der Waals surface area (Å²) in [5, 5.41) is 4.59. The van der Waals surface area contributed by atoms with E-state index in [4.69, 9.17) is 10.7 Å². The first-order valence-electron chi connectivity index (χ1n) is 8.20. The molecule has 2 aromatic carbocycles. The van der Waals surface area contributed by atoms with E-state index in [0.717, 1.165) is 33.2 Å².